The van der Waals surface area contributed by atoms with Crippen molar-refractivity contribution in [3.8, 4) is 0 Å². The molecule has 0 aromatic carbocycles. The van der Waals surface area contributed by atoms with Gasteiger partial charge in [-0.15, -0.1) is 0 Å². The number of hydrogen-bond donors (Lipinski definition) is 1. The summed E-state index contributed by atoms with van der Waals surface area (Å²) in [6.45, 7) is 6.74. The normalized spacial score (nSPS) is 20.5. The molecule has 0 spiro atoms. The van der Waals surface area contributed by atoms with Crippen molar-refractivity contribution in [2.45, 2.75) is 25.1 Å². The standard InChI is InChI=1S/C15H17F3N2O2/c1-4-6-10(15(16,17)18)9-11(5-2)20(3)12-7-8-13(21)19-14(12)22/h4-6,9,12H,1-2,7-8H2,3H3,(H,19,21,22)/b10-6+,11-9+. The molecule has 0 aliphatic carbocycles. The van der Waals surface area contributed by atoms with Gasteiger partial charge in [-0.25, -0.2) is 0 Å². The second-order valence-corrected chi connectivity index (χ2v) is 4.71. The molecule has 1 saturated heterocycles. The molecule has 2 amide bonds. The van der Waals surface area contributed by atoms with E-state index in [1.165, 1.54) is 18.0 Å². The molecule has 1 unspecified atom stereocenters. The van der Waals surface area contributed by atoms with Crippen molar-refractivity contribution in [2.24, 2.45) is 0 Å². The smallest absolute Gasteiger partial charge is 0.363 e. The van der Waals surface area contributed by atoms with Gasteiger partial charge in [-0.3, -0.25) is 14.9 Å². The molecule has 0 radical (unpaired) electrons. The number of alkyl halides is 3. The first-order valence-electron chi connectivity index (χ1n) is 6.51. The summed E-state index contributed by atoms with van der Waals surface area (Å²) in [5, 5.41) is 2.16. The Kier molecular flexibility index (Phi) is 5.73. The van der Waals surface area contributed by atoms with Crippen LogP contribution < -0.4 is 5.32 Å². The monoisotopic (exact) mass is 314 g/mol. The van der Waals surface area contributed by atoms with Crippen LogP contribution in [0.3, 0.4) is 0 Å². The number of carbonyl (C=O) groups is 2. The van der Waals surface area contributed by atoms with E-state index in [1.54, 1.807) is 0 Å². The third-order valence-electron chi connectivity index (χ3n) is 3.22. The molecule has 1 atom stereocenters. The van der Waals surface area contributed by atoms with Crippen molar-refractivity contribution in [1.29, 1.82) is 0 Å². The Hall–Kier alpha value is -2.31. The van der Waals surface area contributed by atoms with Crippen molar-refractivity contribution in [2.75, 3.05) is 7.05 Å². The van der Waals surface area contributed by atoms with E-state index in [9.17, 15) is 22.8 Å². The highest BCUT2D eigenvalue weighted by Crippen LogP contribution is 2.29. The van der Waals surface area contributed by atoms with Crippen LogP contribution >= 0.6 is 0 Å². The van der Waals surface area contributed by atoms with Crippen LogP contribution in [0, 0.1) is 0 Å². The minimum atomic E-state index is -4.55. The first-order valence-corrected chi connectivity index (χ1v) is 6.51. The number of nitrogens with one attached hydrogen (secondary N) is 1. The lowest BCUT2D eigenvalue weighted by atomic mass is 10.0. The maximum absolute atomic E-state index is 12.9. The Morgan fingerprint density at radius 3 is 2.45 bits per heavy atom. The van der Waals surface area contributed by atoms with Crippen LogP contribution in [0.2, 0.25) is 0 Å². The molecule has 120 valence electrons. The van der Waals surface area contributed by atoms with Crippen molar-refractivity contribution in [3.63, 3.8) is 0 Å². The van der Waals surface area contributed by atoms with E-state index >= 15 is 0 Å². The van der Waals surface area contributed by atoms with Crippen molar-refractivity contribution in [1.82, 2.24) is 10.2 Å². The Morgan fingerprint density at radius 1 is 1.36 bits per heavy atom. The maximum atomic E-state index is 12.9. The number of rotatable bonds is 5. The molecule has 1 aliphatic rings. The van der Waals surface area contributed by atoms with E-state index in [-0.39, 0.29) is 24.4 Å². The highest BCUT2D eigenvalue weighted by atomic mass is 19.4. The first-order chi connectivity index (χ1) is 10.2. The van der Waals surface area contributed by atoms with E-state index < -0.39 is 23.7 Å². The predicted octanol–water partition coefficient (Wildman–Crippen LogP) is 2.47. The summed E-state index contributed by atoms with van der Waals surface area (Å²) in [5.41, 5.74) is -0.781. The van der Waals surface area contributed by atoms with Crippen molar-refractivity contribution < 1.29 is 22.8 Å². The van der Waals surface area contributed by atoms with Gasteiger partial charge in [0, 0.05) is 19.2 Å². The van der Waals surface area contributed by atoms with Crippen LogP contribution in [0.4, 0.5) is 13.2 Å². The van der Waals surface area contributed by atoms with E-state index in [0.29, 0.717) is 0 Å². The van der Waals surface area contributed by atoms with Gasteiger partial charge in [-0.05, 0) is 18.6 Å². The number of amides is 2. The second kappa shape index (κ2) is 7.11. The van der Waals surface area contributed by atoms with Crippen LogP contribution in [0.5, 0.6) is 0 Å². The summed E-state index contributed by atoms with van der Waals surface area (Å²) < 4.78 is 38.7. The molecule has 22 heavy (non-hydrogen) atoms. The number of carbonyl (C=O) groups excluding carboxylic acids is 2. The zero-order valence-corrected chi connectivity index (χ0v) is 12.1. The third-order valence-corrected chi connectivity index (χ3v) is 3.22. The van der Waals surface area contributed by atoms with Crippen molar-refractivity contribution in [3.05, 3.63) is 48.7 Å². The average molecular weight is 314 g/mol. The van der Waals surface area contributed by atoms with Gasteiger partial charge in [0.05, 0.1) is 5.57 Å². The molecule has 4 nitrogen and oxygen atoms in total. The van der Waals surface area contributed by atoms with Crippen LogP contribution in [0.25, 0.3) is 0 Å². The van der Waals surface area contributed by atoms with Crippen LogP contribution in [-0.4, -0.2) is 36.0 Å². The predicted molar refractivity (Wildman–Crippen MR) is 76.5 cm³/mol. The van der Waals surface area contributed by atoms with Crippen LogP contribution in [0.1, 0.15) is 12.8 Å². The summed E-state index contributed by atoms with van der Waals surface area (Å²) in [7, 11) is 1.48. The van der Waals surface area contributed by atoms with E-state index in [1.807, 2.05) is 0 Å². The lowest BCUT2D eigenvalue weighted by Crippen LogP contribution is -2.50. The fraction of sp³-hybridized carbons (Fsp3) is 0.333. The van der Waals surface area contributed by atoms with Gasteiger partial charge < -0.3 is 4.90 Å². The highest BCUT2D eigenvalue weighted by molar-refractivity contribution is 6.00. The van der Waals surface area contributed by atoms with Crippen LogP contribution in [0.15, 0.2) is 48.7 Å². The Bertz CT molecular complexity index is 547. The Morgan fingerprint density at radius 2 is 2.00 bits per heavy atom. The van der Waals surface area contributed by atoms with Crippen molar-refractivity contribution >= 4 is 11.8 Å². The first kappa shape index (κ1) is 17.7. The van der Waals surface area contributed by atoms with Gasteiger partial charge in [0.2, 0.25) is 11.8 Å². The third kappa shape index (κ3) is 4.34. The van der Waals surface area contributed by atoms with E-state index in [2.05, 4.69) is 18.5 Å². The molecule has 1 aliphatic heterocycles. The number of allylic oxidation sites excluding steroid dienone is 5. The van der Waals surface area contributed by atoms with E-state index in [4.69, 9.17) is 0 Å². The van der Waals surface area contributed by atoms with Gasteiger partial charge in [-0.1, -0.05) is 25.3 Å². The molecule has 1 rings (SSSR count). The van der Waals surface area contributed by atoms with Crippen LogP contribution in [-0.2, 0) is 9.59 Å². The number of piperidine rings is 1. The molecule has 1 heterocycles. The number of likely N-dealkylation sites (N-methyl/N-ethyl adjacent to an activating group) is 1. The maximum Gasteiger partial charge on any atom is 0.416 e. The Balaban J connectivity index is 3.08. The molecular weight excluding hydrogens is 297 g/mol. The zero-order valence-electron chi connectivity index (χ0n) is 12.1. The summed E-state index contributed by atoms with van der Waals surface area (Å²) in [5.74, 6) is -0.922. The molecule has 0 bridgehead atoms. The summed E-state index contributed by atoms with van der Waals surface area (Å²) in [6.07, 6.45) is -0.189. The zero-order chi connectivity index (χ0) is 16.9. The molecular formula is C15H17F3N2O2. The SMILES string of the molecule is C=C/C=C(\C=C(/C=C)N(C)C1CCC(=O)NC1=O)C(F)(F)F. The van der Waals surface area contributed by atoms with E-state index in [0.717, 1.165) is 18.2 Å². The number of imide groups is 1. The largest absolute Gasteiger partial charge is 0.416 e. The Labute approximate surface area is 126 Å². The summed E-state index contributed by atoms with van der Waals surface area (Å²) in [4.78, 5) is 24.3. The molecule has 0 aromatic heterocycles. The molecule has 1 fully saturated rings. The lowest BCUT2D eigenvalue weighted by molar-refractivity contribution is -0.136. The fourth-order valence-corrected chi connectivity index (χ4v) is 2.05. The second-order valence-electron chi connectivity index (χ2n) is 4.71. The number of nitrogens with zero attached hydrogens (tertiary/aromatic N) is 1. The minimum absolute atomic E-state index is 0.125. The molecule has 1 N–H and O–H groups in total. The summed E-state index contributed by atoms with van der Waals surface area (Å²) in [6, 6.07) is -0.722. The average Bonchev–Trinajstić information content (AvgIpc) is 2.41. The summed E-state index contributed by atoms with van der Waals surface area (Å²) >= 11 is 0. The quantitative estimate of drug-likeness (QED) is 0.626. The number of hydrogen-bond acceptors (Lipinski definition) is 3. The van der Waals surface area contributed by atoms with Gasteiger partial charge in [0.15, 0.2) is 0 Å². The van der Waals surface area contributed by atoms with Gasteiger partial charge >= 0.3 is 6.18 Å². The fourth-order valence-electron chi connectivity index (χ4n) is 2.05. The lowest BCUT2D eigenvalue weighted by Gasteiger charge is -2.32. The molecule has 0 aromatic rings. The topological polar surface area (TPSA) is 49.4 Å². The van der Waals surface area contributed by atoms with Gasteiger partial charge in [-0.2, -0.15) is 13.2 Å². The molecule has 0 saturated carbocycles. The van der Waals surface area contributed by atoms with Gasteiger partial charge in [0.1, 0.15) is 6.04 Å². The number of halogens is 3. The highest BCUT2D eigenvalue weighted by Gasteiger charge is 2.34. The minimum Gasteiger partial charge on any atom is -0.363 e. The molecule has 7 heteroatoms. The van der Waals surface area contributed by atoms with Gasteiger partial charge in [0.25, 0.3) is 0 Å².